The predicted octanol–water partition coefficient (Wildman–Crippen LogP) is 4.38. The van der Waals surface area contributed by atoms with E-state index in [2.05, 4.69) is 16.5 Å². The average molecular weight is 386 g/mol. The number of rotatable bonds is 5. The van der Waals surface area contributed by atoms with Crippen molar-refractivity contribution < 1.29 is 4.79 Å². The number of hydrogen-bond acceptors (Lipinski definition) is 3. The molecule has 134 valence electrons. The Morgan fingerprint density at radius 3 is 3.08 bits per heavy atom. The lowest BCUT2D eigenvalue weighted by Gasteiger charge is -2.24. The van der Waals surface area contributed by atoms with E-state index in [0.29, 0.717) is 13.0 Å². The van der Waals surface area contributed by atoms with Gasteiger partial charge in [-0.2, -0.15) is 5.10 Å². The number of benzene rings is 1. The van der Waals surface area contributed by atoms with E-state index in [1.54, 1.807) is 11.3 Å². The standard InChI is InChI=1S/C20H20ClN3OS/c21-15-5-1-4-14(10-15)13-24-19-8-2-7-18(17(19)12-22-24)23-20(25)11-16-6-3-9-26-16/h1,3-6,9-10,12,18H,2,7-8,11,13H2,(H,23,25). The van der Waals surface area contributed by atoms with Crippen LogP contribution in [0, 0.1) is 0 Å². The number of aromatic nitrogens is 2. The first kappa shape index (κ1) is 17.3. The van der Waals surface area contributed by atoms with Crippen LogP contribution in [0.2, 0.25) is 5.02 Å². The van der Waals surface area contributed by atoms with E-state index in [0.717, 1.165) is 40.3 Å². The fraction of sp³-hybridized carbons (Fsp3) is 0.300. The Morgan fingerprint density at radius 2 is 2.27 bits per heavy atom. The quantitative estimate of drug-likeness (QED) is 0.708. The van der Waals surface area contributed by atoms with E-state index in [9.17, 15) is 4.79 Å². The molecule has 1 amide bonds. The molecular formula is C20H20ClN3OS. The van der Waals surface area contributed by atoms with Crippen molar-refractivity contribution in [3.8, 4) is 0 Å². The second kappa shape index (κ2) is 7.64. The summed E-state index contributed by atoms with van der Waals surface area (Å²) in [6, 6.07) is 11.9. The number of nitrogens with one attached hydrogen (secondary N) is 1. The van der Waals surface area contributed by atoms with Crippen molar-refractivity contribution in [1.82, 2.24) is 15.1 Å². The molecule has 0 saturated carbocycles. The molecule has 2 heterocycles. The van der Waals surface area contributed by atoms with E-state index >= 15 is 0 Å². The van der Waals surface area contributed by atoms with E-state index in [1.165, 1.54) is 5.69 Å². The van der Waals surface area contributed by atoms with Crippen LogP contribution in [-0.2, 0) is 24.2 Å². The molecule has 0 saturated heterocycles. The van der Waals surface area contributed by atoms with Gasteiger partial charge in [0.2, 0.25) is 5.91 Å². The van der Waals surface area contributed by atoms with Crippen molar-refractivity contribution >= 4 is 28.8 Å². The average Bonchev–Trinajstić information content (AvgIpc) is 3.26. The van der Waals surface area contributed by atoms with Crippen LogP contribution in [0.15, 0.2) is 48.0 Å². The monoisotopic (exact) mass is 385 g/mol. The summed E-state index contributed by atoms with van der Waals surface area (Å²) in [5.41, 5.74) is 3.50. The molecule has 4 rings (SSSR count). The number of nitrogens with zero attached hydrogens (tertiary/aromatic N) is 2. The summed E-state index contributed by atoms with van der Waals surface area (Å²) in [6.45, 7) is 0.700. The number of amides is 1. The van der Waals surface area contributed by atoms with Gasteiger partial charge >= 0.3 is 0 Å². The van der Waals surface area contributed by atoms with Gasteiger partial charge in [0.25, 0.3) is 0 Å². The van der Waals surface area contributed by atoms with Gasteiger partial charge < -0.3 is 5.32 Å². The van der Waals surface area contributed by atoms with E-state index < -0.39 is 0 Å². The first-order valence-electron chi connectivity index (χ1n) is 8.80. The molecule has 1 N–H and O–H groups in total. The first-order valence-corrected chi connectivity index (χ1v) is 10.1. The third-order valence-electron chi connectivity index (χ3n) is 4.73. The SMILES string of the molecule is O=C(Cc1cccs1)NC1CCCc2c1cnn2Cc1cccc(Cl)c1. The van der Waals surface area contributed by atoms with Gasteiger partial charge in [0, 0.05) is 21.2 Å². The number of halogens is 1. The highest BCUT2D eigenvalue weighted by Gasteiger charge is 2.25. The summed E-state index contributed by atoms with van der Waals surface area (Å²) >= 11 is 7.71. The van der Waals surface area contributed by atoms with Gasteiger partial charge in [-0.15, -0.1) is 11.3 Å². The van der Waals surface area contributed by atoms with Gasteiger partial charge in [-0.1, -0.05) is 29.8 Å². The molecular weight excluding hydrogens is 366 g/mol. The van der Waals surface area contributed by atoms with Crippen LogP contribution in [0.25, 0.3) is 0 Å². The van der Waals surface area contributed by atoms with Crippen molar-refractivity contribution in [1.29, 1.82) is 0 Å². The third-order valence-corrected chi connectivity index (χ3v) is 5.85. The molecule has 2 aromatic heterocycles. The van der Waals surface area contributed by atoms with Crippen LogP contribution in [0.1, 0.15) is 40.6 Å². The fourth-order valence-corrected chi connectivity index (χ4v) is 4.45. The molecule has 1 atom stereocenters. The number of carbonyl (C=O) groups excluding carboxylic acids is 1. The maximum atomic E-state index is 12.4. The molecule has 0 radical (unpaired) electrons. The van der Waals surface area contributed by atoms with E-state index in [1.807, 2.05) is 46.6 Å². The van der Waals surface area contributed by atoms with Crippen LogP contribution in [0.3, 0.4) is 0 Å². The van der Waals surface area contributed by atoms with Gasteiger partial charge in [0.1, 0.15) is 0 Å². The molecule has 4 nitrogen and oxygen atoms in total. The number of hydrogen-bond donors (Lipinski definition) is 1. The number of fused-ring (bicyclic) bond motifs is 1. The van der Waals surface area contributed by atoms with Crippen molar-refractivity contribution in [3.05, 3.63) is 74.7 Å². The fourth-order valence-electron chi connectivity index (χ4n) is 3.53. The highest BCUT2D eigenvalue weighted by atomic mass is 35.5. The van der Waals surface area contributed by atoms with Crippen LogP contribution >= 0.6 is 22.9 Å². The summed E-state index contributed by atoms with van der Waals surface area (Å²) in [7, 11) is 0. The maximum Gasteiger partial charge on any atom is 0.225 e. The highest BCUT2D eigenvalue weighted by Crippen LogP contribution is 2.30. The normalized spacial score (nSPS) is 16.3. The minimum atomic E-state index is 0.0549. The third kappa shape index (κ3) is 3.84. The first-order chi connectivity index (χ1) is 12.7. The zero-order chi connectivity index (χ0) is 17.9. The van der Waals surface area contributed by atoms with Gasteiger partial charge in [-0.3, -0.25) is 9.48 Å². The Hall–Kier alpha value is -2.11. The van der Waals surface area contributed by atoms with Gasteiger partial charge in [0.15, 0.2) is 0 Å². The van der Waals surface area contributed by atoms with Crippen molar-refractivity contribution in [3.63, 3.8) is 0 Å². The Balaban J connectivity index is 1.48. The van der Waals surface area contributed by atoms with Crippen molar-refractivity contribution in [2.45, 2.75) is 38.3 Å². The zero-order valence-electron chi connectivity index (χ0n) is 14.3. The van der Waals surface area contributed by atoms with Gasteiger partial charge in [0.05, 0.1) is 25.2 Å². The van der Waals surface area contributed by atoms with Crippen LogP contribution < -0.4 is 5.32 Å². The van der Waals surface area contributed by atoms with E-state index in [4.69, 9.17) is 11.6 Å². The molecule has 0 aliphatic heterocycles. The number of thiophene rings is 1. The number of carbonyl (C=O) groups is 1. The van der Waals surface area contributed by atoms with Gasteiger partial charge in [-0.05, 0) is 48.4 Å². The van der Waals surface area contributed by atoms with E-state index in [-0.39, 0.29) is 11.9 Å². The largest absolute Gasteiger partial charge is 0.349 e. The smallest absolute Gasteiger partial charge is 0.225 e. The molecule has 0 spiro atoms. The topological polar surface area (TPSA) is 46.9 Å². The minimum Gasteiger partial charge on any atom is -0.349 e. The van der Waals surface area contributed by atoms with Gasteiger partial charge in [-0.25, -0.2) is 0 Å². The summed E-state index contributed by atoms with van der Waals surface area (Å²) in [6.07, 6.45) is 5.37. The second-order valence-corrected chi connectivity index (χ2v) is 8.07. The molecule has 1 aliphatic carbocycles. The summed E-state index contributed by atoms with van der Waals surface area (Å²) < 4.78 is 2.04. The van der Waals surface area contributed by atoms with Crippen LogP contribution in [-0.4, -0.2) is 15.7 Å². The Kier molecular flexibility index (Phi) is 5.09. The summed E-state index contributed by atoms with van der Waals surface area (Å²) in [5, 5.41) is 10.5. The lowest BCUT2D eigenvalue weighted by Crippen LogP contribution is -2.32. The van der Waals surface area contributed by atoms with Crippen LogP contribution in [0.4, 0.5) is 0 Å². The maximum absolute atomic E-state index is 12.4. The van der Waals surface area contributed by atoms with Crippen molar-refractivity contribution in [2.75, 3.05) is 0 Å². The minimum absolute atomic E-state index is 0.0549. The molecule has 1 aliphatic rings. The molecule has 0 fully saturated rings. The Bertz CT molecular complexity index is 904. The van der Waals surface area contributed by atoms with Crippen molar-refractivity contribution in [2.24, 2.45) is 0 Å². The zero-order valence-corrected chi connectivity index (χ0v) is 15.9. The molecule has 1 unspecified atom stereocenters. The molecule has 1 aromatic carbocycles. The Labute approximate surface area is 161 Å². The summed E-state index contributed by atoms with van der Waals surface area (Å²) in [5.74, 6) is 0.0768. The molecule has 3 aromatic rings. The predicted molar refractivity (Wildman–Crippen MR) is 105 cm³/mol. The molecule has 6 heteroatoms. The Morgan fingerprint density at radius 1 is 1.35 bits per heavy atom. The summed E-state index contributed by atoms with van der Waals surface area (Å²) in [4.78, 5) is 13.5. The second-order valence-electron chi connectivity index (χ2n) is 6.60. The molecule has 0 bridgehead atoms. The lowest BCUT2D eigenvalue weighted by molar-refractivity contribution is -0.121. The highest BCUT2D eigenvalue weighted by molar-refractivity contribution is 7.10. The molecule has 26 heavy (non-hydrogen) atoms. The lowest BCUT2D eigenvalue weighted by atomic mass is 9.92. The van der Waals surface area contributed by atoms with Crippen LogP contribution in [0.5, 0.6) is 0 Å².